The number of amides is 4. The lowest BCUT2D eigenvalue weighted by Crippen LogP contribution is -2.54. The number of rotatable bonds is 10. The highest BCUT2D eigenvalue weighted by molar-refractivity contribution is 6.39. The topological polar surface area (TPSA) is 94.2 Å². The van der Waals surface area contributed by atoms with Crippen molar-refractivity contribution in [2.24, 2.45) is 0 Å². The summed E-state index contributed by atoms with van der Waals surface area (Å²) in [6.45, 7) is 8.65. The van der Waals surface area contributed by atoms with Gasteiger partial charge in [-0.15, -0.1) is 6.58 Å². The maximum absolute atomic E-state index is 13.2. The fourth-order valence-electron chi connectivity index (χ4n) is 3.51. The second kappa shape index (κ2) is 11.2. The number of anilines is 1. The molecule has 34 heavy (non-hydrogen) atoms. The summed E-state index contributed by atoms with van der Waals surface area (Å²) >= 11 is 0. The fraction of sp³-hybridized carbons (Fsp3) is 0.269. The molecule has 0 radical (unpaired) electrons. The maximum Gasteiger partial charge on any atom is 0.335 e. The van der Waals surface area contributed by atoms with Crippen molar-refractivity contribution >= 4 is 29.6 Å². The Morgan fingerprint density at radius 3 is 2.41 bits per heavy atom. The van der Waals surface area contributed by atoms with E-state index in [2.05, 4.69) is 11.9 Å². The molecule has 0 spiro atoms. The van der Waals surface area contributed by atoms with E-state index in [-0.39, 0.29) is 5.57 Å². The Morgan fingerprint density at radius 1 is 1.06 bits per heavy atom. The van der Waals surface area contributed by atoms with Crippen LogP contribution in [0.2, 0.25) is 0 Å². The highest BCUT2D eigenvalue weighted by Gasteiger charge is 2.36. The lowest BCUT2D eigenvalue weighted by atomic mass is 10.0. The molecule has 1 saturated heterocycles. The molecule has 2 aromatic carbocycles. The predicted octanol–water partition coefficient (Wildman–Crippen LogP) is 4.28. The average Bonchev–Trinajstić information content (AvgIpc) is 2.82. The highest BCUT2D eigenvalue weighted by Crippen LogP contribution is 2.35. The van der Waals surface area contributed by atoms with Gasteiger partial charge in [0, 0.05) is 5.56 Å². The summed E-state index contributed by atoms with van der Waals surface area (Å²) in [5.41, 5.74) is 1.50. The van der Waals surface area contributed by atoms with Crippen LogP contribution in [0.15, 0.2) is 54.6 Å². The molecule has 0 saturated carbocycles. The Labute approximate surface area is 198 Å². The number of imide groups is 2. The number of ether oxygens (including phenoxy) is 3. The average molecular weight is 465 g/mol. The third-order valence-electron chi connectivity index (χ3n) is 5.01. The molecule has 0 aliphatic carbocycles. The first-order valence-electron chi connectivity index (χ1n) is 11.0. The molecule has 0 atom stereocenters. The van der Waals surface area contributed by atoms with Crippen molar-refractivity contribution in [3.63, 3.8) is 0 Å². The Balaban J connectivity index is 2.01. The number of carbonyl (C=O) groups excluding carboxylic acids is 3. The number of barbiturate groups is 1. The van der Waals surface area contributed by atoms with Crippen molar-refractivity contribution in [3.8, 4) is 17.2 Å². The Hall–Kier alpha value is -4.07. The smallest absolute Gasteiger partial charge is 0.335 e. The van der Waals surface area contributed by atoms with Gasteiger partial charge in [0.15, 0.2) is 11.5 Å². The summed E-state index contributed by atoms with van der Waals surface area (Å²) in [5, 5.41) is 2.23. The van der Waals surface area contributed by atoms with Gasteiger partial charge in [0.05, 0.1) is 26.0 Å². The van der Waals surface area contributed by atoms with Gasteiger partial charge in [-0.2, -0.15) is 0 Å². The summed E-state index contributed by atoms with van der Waals surface area (Å²) in [4.78, 5) is 39.2. The van der Waals surface area contributed by atoms with Gasteiger partial charge in [-0.1, -0.05) is 13.0 Å². The minimum atomic E-state index is -0.815. The minimum Gasteiger partial charge on any atom is -0.494 e. The quantitative estimate of drug-likeness (QED) is 0.321. The number of carbonyl (C=O) groups is 3. The van der Waals surface area contributed by atoms with Gasteiger partial charge in [0.2, 0.25) is 0 Å². The summed E-state index contributed by atoms with van der Waals surface area (Å²) in [6.07, 6.45) is 4.50. The van der Waals surface area contributed by atoms with Gasteiger partial charge in [-0.25, -0.2) is 9.69 Å². The molecule has 1 aliphatic rings. The molecule has 8 nitrogen and oxygen atoms in total. The number of benzene rings is 2. The van der Waals surface area contributed by atoms with E-state index in [9.17, 15) is 14.4 Å². The molecule has 1 heterocycles. The first-order valence-corrected chi connectivity index (χ1v) is 11.0. The highest BCUT2D eigenvalue weighted by atomic mass is 16.5. The number of urea groups is 1. The SMILES string of the molecule is C=CCc1cc(/C=C2\C(=O)NC(=O)N(c3ccc(OCC)cc3)C2=O)cc(OC)c1OCCC. The lowest BCUT2D eigenvalue weighted by Gasteiger charge is -2.26. The van der Waals surface area contributed by atoms with E-state index in [4.69, 9.17) is 14.2 Å². The third-order valence-corrected chi connectivity index (χ3v) is 5.01. The zero-order chi connectivity index (χ0) is 24.7. The van der Waals surface area contributed by atoms with Crippen LogP contribution in [0.5, 0.6) is 17.2 Å². The van der Waals surface area contributed by atoms with Crippen LogP contribution < -0.4 is 24.4 Å². The molecule has 8 heteroatoms. The third kappa shape index (κ3) is 5.28. The molecule has 2 aromatic rings. The number of allylic oxidation sites excluding steroid dienone is 1. The van der Waals surface area contributed by atoms with Gasteiger partial charge in [0.25, 0.3) is 11.8 Å². The lowest BCUT2D eigenvalue weighted by molar-refractivity contribution is -0.122. The zero-order valence-corrected chi connectivity index (χ0v) is 19.6. The van der Waals surface area contributed by atoms with Crippen molar-refractivity contribution in [1.82, 2.24) is 5.32 Å². The first-order chi connectivity index (χ1) is 16.4. The number of nitrogens with one attached hydrogen (secondary N) is 1. The van der Waals surface area contributed by atoms with E-state index in [0.29, 0.717) is 48.1 Å². The molecule has 4 amide bonds. The maximum atomic E-state index is 13.2. The molecule has 1 aliphatic heterocycles. The van der Waals surface area contributed by atoms with Crippen molar-refractivity contribution in [2.75, 3.05) is 25.2 Å². The number of methoxy groups -OCH3 is 1. The second-order valence-electron chi connectivity index (χ2n) is 7.44. The van der Waals surface area contributed by atoms with Crippen LogP contribution in [-0.4, -0.2) is 38.2 Å². The van der Waals surface area contributed by atoms with Crippen LogP contribution in [0.1, 0.15) is 31.4 Å². The van der Waals surface area contributed by atoms with E-state index >= 15 is 0 Å². The fourth-order valence-corrected chi connectivity index (χ4v) is 3.51. The Morgan fingerprint density at radius 2 is 1.79 bits per heavy atom. The van der Waals surface area contributed by atoms with Gasteiger partial charge < -0.3 is 14.2 Å². The predicted molar refractivity (Wildman–Crippen MR) is 129 cm³/mol. The van der Waals surface area contributed by atoms with Gasteiger partial charge in [0.1, 0.15) is 11.3 Å². The van der Waals surface area contributed by atoms with E-state index in [1.807, 2.05) is 13.8 Å². The van der Waals surface area contributed by atoms with Crippen LogP contribution >= 0.6 is 0 Å². The van der Waals surface area contributed by atoms with E-state index < -0.39 is 17.8 Å². The minimum absolute atomic E-state index is 0.178. The van der Waals surface area contributed by atoms with Crippen molar-refractivity contribution in [3.05, 3.63) is 65.8 Å². The summed E-state index contributed by atoms with van der Waals surface area (Å²) in [7, 11) is 1.52. The molecule has 178 valence electrons. The molecule has 0 bridgehead atoms. The number of hydrogen-bond acceptors (Lipinski definition) is 6. The van der Waals surface area contributed by atoms with Crippen LogP contribution in [-0.2, 0) is 16.0 Å². The largest absolute Gasteiger partial charge is 0.494 e. The number of hydrogen-bond donors (Lipinski definition) is 1. The monoisotopic (exact) mass is 464 g/mol. The second-order valence-corrected chi connectivity index (χ2v) is 7.44. The number of nitrogens with zero attached hydrogens (tertiary/aromatic N) is 1. The molecule has 1 fully saturated rings. The zero-order valence-electron chi connectivity index (χ0n) is 19.6. The molecule has 0 unspecified atom stereocenters. The van der Waals surface area contributed by atoms with E-state index in [0.717, 1.165) is 16.9 Å². The molecular weight excluding hydrogens is 436 g/mol. The van der Waals surface area contributed by atoms with E-state index in [1.54, 1.807) is 42.5 Å². The standard InChI is InChI=1S/C26H28N2O6/c1-5-8-18-14-17(16-22(32-4)23(18)34-13-6-2)15-21-24(29)27-26(31)28(25(21)30)19-9-11-20(12-10-19)33-7-3/h5,9-12,14-16H,1,6-8,13H2,2-4H3,(H,27,29,31)/b21-15+. The van der Waals surface area contributed by atoms with Crippen LogP contribution in [0.25, 0.3) is 6.08 Å². The molecule has 1 N–H and O–H groups in total. The summed E-state index contributed by atoms with van der Waals surface area (Å²) < 4.78 is 16.8. The summed E-state index contributed by atoms with van der Waals surface area (Å²) in [6, 6.07) is 9.15. The molecule has 3 rings (SSSR count). The Kier molecular flexibility index (Phi) is 8.08. The molecular formula is C26H28N2O6. The normalized spacial score (nSPS) is 14.7. The van der Waals surface area contributed by atoms with Gasteiger partial charge in [-0.05, 0) is 67.8 Å². The summed E-state index contributed by atoms with van der Waals surface area (Å²) in [5.74, 6) is 0.177. The van der Waals surface area contributed by atoms with Crippen LogP contribution in [0.3, 0.4) is 0 Å². The van der Waals surface area contributed by atoms with Crippen LogP contribution in [0, 0.1) is 0 Å². The van der Waals surface area contributed by atoms with Crippen LogP contribution in [0.4, 0.5) is 10.5 Å². The van der Waals surface area contributed by atoms with Crippen molar-refractivity contribution < 1.29 is 28.6 Å². The molecule has 0 aromatic heterocycles. The van der Waals surface area contributed by atoms with Crippen molar-refractivity contribution in [2.45, 2.75) is 26.7 Å². The first kappa shape index (κ1) is 24.6. The van der Waals surface area contributed by atoms with E-state index in [1.165, 1.54) is 13.2 Å². The van der Waals surface area contributed by atoms with Gasteiger partial charge >= 0.3 is 6.03 Å². The van der Waals surface area contributed by atoms with Crippen molar-refractivity contribution in [1.29, 1.82) is 0 Å². The van der Waals surface area contributed by atoms with Gasteiger partial charge in [-0.3, -0.25) is 14.9 Å². The Bertz CT molecular complexity index is 1120.